The molecule has 3 rings (SSSR count). The largest absolute Gasteiger partial charge is 0.463 e. The highest BCUT2D eigenvalue weighted by molar-refractivity contribution is 6.09. The molecule has 0 radical (unpaired) electrons. The van der Waals surface area contributed by atoms with Crippen LogP contribution in [0.5, 0.6) is 0 Å². The molecule has 1 aliphatic heterocycles. The zero-order chi connectivity index (χ0) is 19.6. The zero-order valence-corrected chi connectivity index (χ0v) is 15.5. The maximum Gasteiger partial charge on any atom is 0.325 e. The predicted octanol–water partition coefficient (Wildman–Crippen LogP) is 1.51. The first-order valence-corrected chi connectivity index (χ1v) is 9.11. The van der Waals surface area contributed by atoms with E-state index in [1.54, 1.807) is 19.1 Å². The molecule has 3 N–H and O–H groups in total. The van der Waals surface area contributed by atoms with Crippen LogP contribution in [0.4, 0.5) is 9.59 Å². The second kappa shape index (κ2) is 7.42. The number of nitrogens with one attached hydrogen (secondary N) is 3. The predicted molar refractivity (Wildman–Crippen MR) is 94.6 cm³/mol. The topological polar surface area (TPSA) is 121 Å². The summed E-state index contributed by atoms with van der Waals surface area (Å²) in [6.45, 7) is 2.70. The van der Waals surface area contributed by atoms with Crippen molar-refractivity contribution in [2.24, 2.45) is 0 Å². The van der Waals surface area contributed by atoms with Crippen LogP contribution in [0.1, 0.15) is 50.5 Å². The zero-order valence-electron chi connectivity index (χ0n) is 15.5. The van der Waals surface area contributed by atoms with Crippen LogP contribution in [0, 0.1) is 6.92 Å². The molecule has 1 saturated carbocycles. The lowest BCUT2D eigenvalue weighted by molar-refractivity contribution is -0.135. The Bertz CT molecular complexity index is 768. The molecule has 0 aromatic carbocycles. The van der Waals surface area contributed by atoms with Gasteiger partial charge in [-0.25, -0.2) is 9.59 Å². The van der Waals surface area contributed by atoms with Gasteiger partial charge < -0.3 is 15.1 Å². The molecule has 9 heteroatoms. The van der Waals surface area contributed by atoms with Crippen molar-refractivity contribution in [2.75, 3.05) is 6.54 Å². The van der Waals surface area contributed by atoms with Gasteiger partial charge in [0.1, 0.15) is 18.1 Å². The average molecular weight is 376 g/mol. The fraction of sp³-hybridized carbons (Fsp3) is 0.556. The molecule has 1 aromatic heterocycles. The first kappa shape index (κ1) is 18.9. The highest BCUT2D eigenvalue weighted by atomic mass is 16.3. The fourth-order valence-electron chi connectivity index (χ4n) is 3.49. The number of carbonyl (C=O) groups is 4. The lowest BCUT2D eigenvalue weighted by Gasteiger charge is -2.23. The fourth-order valence-corrected chi connectivity index (χ4v) is 3.49. The average Bonchev–Trinajstić information content (AvgIpc) is 3.14. The number of aryl methyl sites for hydroxylation is 1. The van der Waals surface area contributed by atoms with Crippen molar-refractivity contribution in [3.05, 3.63) is 23.7 Å². The van der Waals surface area contributed by atoms with Crippen molar-refractivity contribution >= 4 is 23.9 Å². The Hall–Kier alpha value is -2.84. The lowest BCUT2D eigenvalue weighted by Crippen LogP contribution is -2.49. The Labute approximate surface area is 156 Å². The summed E-state index contributed by atoms with van der Waals surface area (Å²) in [4.78, 5) is 49.7. The number of imide groups is 2. The van der Waals surface area contributed by atoms with E-state index in [-0.39, 0.29) is 11.8 Å². The van der Waals surface area contributed by atoms with E-state index in [1.165, 1.54) is 6.92 Å². The highest BCUT2D eigenvalue weighted by Crippen LogP contribution is 2.29. The van der Waals surface area contributed by atoms with Gasteiger partial charge in [0.05, 0.1) is 0 Å². The Morgan fingerprint density at radius 2 is 1.96 bits per heavy atom. The number of rotatable bonds is 4. The van der Waals surface area contributed by atoms with Crippen molar-refractivity contribution in [2.45, 2.75) is 57.5 Å². The maximum absolute atomic E-state index is 12.7. The SMILES string of the molecule is Cc1ccc(C2(C)NC(=O)N(CC(=O)NC(=O)NC3CCCCC3)C2=O)o1. The molecule has 1 aromatic rings. The molecule has 2 fully saturated rings. The summed E-state index contributed by atoms with van der Waals surface area (Å²) in [5, 5.41) is 7.48. The quantitative estimate of drug-likeness (QED) is 0.688. The Morgan fingerprint density at radius 3 is 2.59 bits per heavy atom. The Kier molecular flexibility index (Phi) is 5.20. The standard InChI is InChI=1S/C18H24N4O5/c1-11-8-9-13(27-11)18(2)15(24)22(17(26)21-18)10-14(23)20-16(25)19-12-6-4-3-5-7-12/h8-9,12H,3-7,10H2,1-2H3,(H,21,26)(H2,19,20,23,25). The van der Waals surface area contributed by atoms with E-state index in [4.69, 9.17) is 4.42 Å². The van der Waals surface area contributed by atoms with E-state index in [0.717, 1.165) is 37.0 Å². The number of urea groups is 2. The van der Waals surface area contributed by atoms with Crippen molar-refractivity contribution in [3.63, 3.8) is 0 Å². The molecule has 0 spiro atoms. The van der Waals surface area contributed by atoms with E-state index >= 15 is 0 Å². The molecule has 1 aliphatic carbocycles. The van der Waals surface area contributed by atoms with E-state index < -0.39 is 36.0 Å². The van der Waals surface area contributed by atoms with Gasteiger partial charge in [0.25, 0.3) is 5.91 Å². The number of hydrogen-bond donors (Lipinski definition) is 3. The van der Waals surface area contributed by atoms with Crippen LogP contribution in [0.3, 0.4) is 0 Å². The van der Waals surface area contributed by atoms with Gasteiger partial charge in [0.15, 0.2) is 5.54 Å². The minimum absolute atomic E-state index is 0.0498. The van der Waals surface area contributed by atoms with Crippen LogP contribution < -0.4 is 16.0 Å². The second-order valence-electron chi connectivity index (χ2n) is 7.21. The second-order valence-corrected chi connectivity index (χ2v) is 7.21. The molecule has 0 bridgehead atoms. The minimum atomic E-state index is -1.38. The lowest BCUT2D eigenvalue weighted by atomic mass is 9.96. The van der Waals surface area contributed by atoms with E-state index in [0.29, 0.717) is 5.76 Å². The molecule has 27 heavy (non-hydrogen) atoms. The molecular weight excluding hydrogens is 352 g/mol. The molecule has 6 amide bonds. The third-order valence-corrected chi connectivity index (χ3v) is 5.00. The Morgan fingerprint density at radius 1 is 1.26 bits per heavy atom. The maximum atomic E-state index is 12.7. The van der Waals surface area contributed by atoms with Crippen LogP contribution in [0.25, 0.3) is 0 Å². The number of nitrogens with zero attached hydrogens (tertiary/aromatic N) is 1. The van der Waals surface area contributed by atoms with Gasteiger partial charge in [-0.1, -0.05) is 19.3 Å². The third kappa shape index (κ3) is 3.96. The molecule has 1 unspecified atom stereocenters. The van der Waals surface area contributed by atoms with Gasteiger partial charge in [-0.05, 0) is 38.8 Å². The molecule has 9 nitrogen and oxygen atoms in total. The number of amides is 6. The summed E-state index contributed by atoms with van der Waals surface area (Å²) in [6.07, 6.45) is 5.02. The monoisotopic (exact) mass is 376 g/mol. The van der Waals surface area contributed by atoms with Gasteiger partial charge in [-0.2, -0.15) is 0 Å². The Balaban J connectivity index is 1.58. The summed E-state index contributed by atoms with van der Waals surface area (Å²) >= 11 is 0. The molecule has 1 saturated heterocycles. The number of carbonyl (C=O) groups excluding carboxylic acids is 4. The molecule has 2 heterocycles. The van der Waals surface area contributed by atoms with Gasteiger partial charge in [0, 0.05) is 6.04 Å². The van der Waals surface area contributed by atoms with Crippen LogP contribution in [-0.2, 0) is 15.1 Å². The summed E-state index contributed by atoms with van der Waals surface area (Å²) < 4.78 is 5.46. The van der Waals surface area contributed by atoms with Crippen molar-refractivity contribution < 1.29 is 23.6 Å². The van der Waals surface area contributed by atoms with Gasteiger partial charge >= 0.3 is 12.1 Å². The number of hydrogen-bond acceptors (Lipinski definition) is 5. The molecule has 2 aliphatic rings. The van der Waals surface area contributed by atoms with E-state index in [1.807, 2.05) is 0 Å². The van der Waals surface area contributed by atoms with Gasteiger partial charge in [-0.15, -0.1) is 0 Å². The van der Waals surface area contributed by atoms with Crippen molar-refractivity contribution in [3.8, 4) is 0 Å². The molecule has 146 valence electrons. The summed E-state index contributed by atoms with van der Waals surface area (Å²) in [5.74, 6) is -0.448. The summed E-state index contributed by atoms with van der Waals surface area (Å²) in [5.41, 5.74) is -1.38. The smallest absolute Gasteiger partial charge is 0.325 e. The third-order valence-electron chi connectivity index (χ3n) is 5.00. The van der Waals surface area contributed by atoms with Gasteiger partial charge in [-0.3, -0.25) is 19.8 Å². The van der Waals surface area contributed by atoms with Crippen LogP contribution in [-0.4, -0.2) is 41.4 Å². The normalized spacial score (nSPS) is 23.3. The van der Waals surface area contributed by atoms with Crippen molar-refractivity contribution in [1.82, 2.24) is 20.9 Å². The summed E-state index contributed by atoms with van der Waals surface area (Å²) in [6, 6.07) is 2.02. The summed E-state index contributed by atoms with van der Waals surface area (Å²) in [7, 11) is 0. The molecular formula is C18H24N4O5. The van der Waals surface area contributed by atoms with E-state index in [2.05, 4.69) is 16.0 Å². The van der Waals surface area contributed by atoms with Crippen LogP contribution in [0.15, 0.2) is 16.5 Å². The van der Waals surface area contributed by atoms with E-state index in [9.17, 15) is 19.2 Å². The van der Waals surface area contributed by atoms with Crippen LogP contribution >= 0.6 is 0 Å². The van der Waals surface area contributed by atoms with Crippen molar-refractivity contribution in [1.29, 1.82) is 0 Å². The minimum Gasteiger partial charge on any atom is -0.463 e. The van der Waals surface area contributed by atoms with Crippen LogP contribution in [0.2, 0.25) is 0 Å². The number of furan rings is 1. The van der Waals surface area contributed by atoms with Gasteiger partial charge in [0.2, 0.25) is 5.91 Å². The molecule has 1 atom stereocenters. The highest BCUT2D eigenvalue weighted by Gasteiger charge is 2.51. The first-order valence-electron chi connectivity index (χ1n) is 9.11. The first-order chi connectivity index (χ1) is 12.8.